The van der Waals surface area contributed by atoms with Gasteiger partial charge in [-0.15, -0.1) is 0 Å². The van der Waals surface area contributed by atoms with Crippen molar-refractivity contribution in [3.05, 3.63) is 69.7 Å². The van der Waals surface area contributed by atoms with Gasteiger partial charge in [-0.1, -0.05) is 59.6 Å². The summed E-state index contributed by atoms with van der Waals surface area (Å²) in [7, 11) is 0. The molecule has 0 radical (unpaired) electrons. The molecule has 4 heteroatoms. The van der Waals surface area contributed by atoms with Crippen molar-refractivity contribution in [3.8, 4) is 0 Å². The molecule has 0 amide bonds. The smallest absolute Gasteiger partial charge is 0.141 e. The van der Waals surface area contributed by atoms with Crippen LogP contribution in [-0.2, 0) is 10.3 Å². The van der Waals surface area contributed by atoms with Crippen LogP contribution in [-0.4, -0.2) is 18.3 Å². The first-order chi connectivity index (χ1) is 9.59. The van der Waals surface area contributed by atoms with Gasteiger partial charge in [-0.25, -0.2) is 0 Å². The SMILES string of the molecule is CCOCC(O)(c1ccccc1Cl)c1ccccc1Cl. The zero-order valence-electron chi connectivity index (χ0n) is 11.1. The van der Waals surface area contributed by atoms with Gasteiger partial charge < -0.3 is 9.84 Å². The molecule has 0 aromatic heterocycles. The Hall–Kier alpha value is -1.06. The molecule has 20 heavy (non-hydrogen) atoms. The summed E-state index contributed by atoms with van der Waals surface area (Å²) in [6, 6.07) is 14.3. The molecule has 0 aliphatic rings. The van der Waals surface area contributed by atoms with E-state index >= 15 is 0 Å². The number of hydrogen-bond acceptors (Lipinski definition) is 2. The van der Waals surface area contributed by atoms with Gasteiger partial charge in [0.15, 0.2) is 0 Å². The molecule has 2 rings (SSSR count). The predicted octanol–water partition coefficient (Wildman–Crippen LogP) is 4.27. The molecule has 2 aromatic carbocycles. The second kappa shape index (κ2) is 6.59. The zero-order valence-corrected chi connectivity index (χ0v) is 12.7. The van der Waals surface area contributed by atoms with E-state index in [-0.39, 0.29) is 6.61 Å². The minimum Gasteiger partial charge on any atom is -0.378 e. The van der Waals surface area contributed by atoms with Crippen molar-refractivity contribution in [2.24, 2.45) is 0 Å². The molecule has 0 fully saturated rings. The number of aliphatic hydroxyl groups is 1. The van der Waals surface area contributed by atoms with E-state index in [4.69, 9.17) is 27.9 Å². The summed E-state index contributed by atoms with van der Waals surface area (Å²) in [6.07, 6.45) is 0. The molecule has 106 valence electrons. The highest BCUT2D eigenvalue weighted by Crippen LogP contribution is 2.37. The van der Waals surface area contributed by atoms with Crippen molar-refractivity contribution in [1.29, 1.82) is 0 Å². The van der Waals surface area contributed by atoms with E-state index in [1.165, 1.54) is 0 Å². The first kappa shape index (κ1) is 15.3. The molecule has 1 N–H and O–H groups in total. The number of hydrogen-bond donors (Lipinski definition) is 1. The van der Waals surface area contributed by atoms with Crippen LogP contribution in [0.2, 0.25) is 10.0 Å². The maximum absolute atomic E-state index is 11.2. The standard InChI is InChI=1S/C16H16Cl2O2/c1-2-20-11-16(19,12-7-3-5-9-14(12)17)13-8-4-6-10-15(13)18/h3-10,19H,2,11H2,1H3. The number of ether oxygens (including phenoxy) is 1. The third-order valence-electron chi connectivity index (χ3n) is 3.15. The first-order valence-electron chi connectivity index (χ1n) is 6.39. The summed E-state index contributed by atoms with van der Waals surface area (Å²) < 4.78 is 5.45. The van der Waals surface area contributed by atoms with Crippen LogP contribution in [0.5, 0.6) is 0 Å². The van der Waals surface area contributed by atoms with Gasteiger partial charge in [0.1, 0.15) is 5.60 Å². The topological polar surface area (TPSA) is 29.5 Å². The normalized spacial score (nSPS) is 11.6. The predicted molar refractivity (Wildman–Crippen MR) is 82.4 cm³/mol. The van der Waals surface area contributed by atoms with Gasteiger partial charge in [0.05, 0.1) is 6.61 Å². The number of halogens is 2. The molecule has 0 aliphatic heterocycles. The van der Waals surface area contributed by atoms with Gasteiger partial charge in [0.2, 0.25) is 0 Å². The average Bonchev–Trinajstić information content (AvgIpc) is 2.46. The average molecular weight is 311 g/mol. The van der Waals surface area contributed by atoms with Crippen LogP contribution in [0.15, 0.2) is 48.5 Å². The lowest BCUT2D eigenvalue weighted by Crippen LogP contribution is -2.33. The molecule has 2 aromatic rings. The Morgan fingerprint density at radius 1 is 0.950 bits per heavy atom. The van der Waals surface area contributed by atoms with Crippen molar-refractivity contribution < 1.29 is 9.84 Å². The lowest BCUT2D eigenvalue weighted by molar-refractivity contribution is -0.0181. The Labute approximate surface area is 128 Å². The molecule has 0 saturated heterocycles. The Morgan fingerprint density at radius 3 is 1.80 bits per heavy atom. The van der Waals surface area contributed by atoms with Crippen molar-refractivity contribution in [2.75, 3.05) is 13.2 Å². The third kappa shape index (κ3) is 2.99. The highest BCUT2D eigenvalue weighted by molar-refractivity contribution is 6.32. The van der Waals surface area contributed by atoms with Crippen LogP contribution in [0.1, 0.15) is 18.1 Å². The monoisotopic (exact) mass is 310 g/mol. The summed E-state index contributed by atoms with van der Waals surface area (Å²) in [5.41, 5.74) is -0.196. The van der Waals surface area contributed by atoms with Crippen molar-refractivity contribution in [3.63, 3.8) is 0 Å². The van der Waals surface area contributed by atoms with Crippen molar-refractivity contribution in [2.45, 2.75) is 12.5 Å². The van der Waals surface area contributed by atoms with Crippen molar-refractivity contribution >= 4 is 23.2 Å². The Morgan fingerprint density at radius 2 is 1.40 bits per heavy atom. The summed E-state index contributed by atoms with van der Waals surface area (Å²) in [6.45, 7) is 2.47. The molecule has 0 spiro atoms. The van der Waals surface area contributed by atoms with E-state index in [1.807, 2.05) is 31.2 Å². The lowest BCUT2D eigenvalue weighted by Gasteiger charge is -2.30. The van der Waals surface area contributed by atoms with E-state index in [9.17, 15) is 5.11 Å². The van der Waals surface area contributed by atoms with Crippen molar-refractivity contribution in [1.82, 2.24) is 0 Å². The van der Waals surface area contributed by atoms with Crippen LogP contribution >= 0.6 is 23.2 Å². The maximum atomic E-state index is 11.2. The molecule has 0 atom stereocenters. The van der Waals surface area contributed by atoms with E-state index in [1.54, 1.807) is 24.3 Å². The van der Waals surface area contributed by atoms with Gasteiger partial charge in [-0.2, -0.15) is 0 Å². The van der Waals surface area contributed by atoms with E-state index < -0.39 is 5.60 Å². The van der Waals surface area contributed by atoms with Crippen LogP contribution in [0.4, 0.5) is 0 Å². The fourth-order valence-electron chi connectivity index (χ4n) is 2.14. The van der Waals surface area contributed by atoms with Crippen LogP contribution in [0.3, 0.4) is 0 Å². The molecule has 2 nitrogen and oxygen atoms in total. The van der Waals surface area contributed by atoms with Gasteiger partial charge in [0, 0.05) is 27.8 Å². The Balaban J connectivity index is 2.57. The third-order valence-corrected chi connectivity index (χ3v) is 3.81. The van der Waals surface area contributed by atoms with Crippen LogP contribution in [0.25, 0.3) is 0 Å². The number of rotatable bonds is 5. The quantitative estimate of drug-likeness (QED) is 0.894. The molecule has 0 aliphatic carbocycles. The molecule has 0 bridgehead atoms. The summed E-state index contributed by atoms with van der Waals surface area (Å²) in [5, 5.41) is 12.1. The fourth-order valence-corrected chi connectivity index (χ4v) is 2.73. The molecule has 0 unspecified atom stereocenters. The number of benzene rings is 2. The summed E-state index contributed by atoms with van der Waals surface area (Å²) in [4.78, 5) is 0. The second-order valence-corrected chi connectivity index (χ2v) is 5.27. The van der Waals surface area contributed by atoms with Gasteiger partial charge in [-0.3, -0.25) is 0 Å². The molecular formula is C16H16Cl2O2. The highest BCUT2D eigenvalue weighted by Gasteiger charge is 2.35. The van der Waals surface area contributed by atoms with Gasteiger partial charge >= 0.3 is 0 Å². The van der Waals surface area contributed by atoms with E-state index in [0.717, 1.165) is 0 Å². The largest absolute Gasteiger partial charge is 0.378 e. The van der Waals surface area contributed by atoms with Crippen LogP contribution in [0, 0.1) is 0 Å². The fraction of sp³-hybridized carbons (Fsp3) is 0.250. The minimum absolute atomic E-state index is 0.0942. The Bertz CT molecular complexity index is 539. The molecule has 0 saturated carbocycles. The summed E-state index contributed by atoms with van der Waals surface area (Å²) in [5.74, 6) is 0. The highest BCUT2D eigenvalue weighted by atomic mass is 35.5. The Kier molecular flexibility index (Phi) is 5.06. The second-order valence-electron chi connectivity index (χ2n) is 4.46. The maximum Gasteiger partial charge on any atom is 0.141 e. The minimum atomic E-state index is -1.37. The molecule has 0 heterocycles. The zero-order chi connectivity index (χ0) is 14.6. The lowest BCUT2D eigenvalue weighted by atomic mass is 9.87. The van der Waals surface area contributed by atoms with Gasteiger partial charge in [0.25, 0.3) is 0 Å². The molecular weight excluding hydrogens is 295 g/mol. The van der Waals surface area contributed by atoms with E-state index in [0.29, 0.717) is 27.8 Å². The van der Waals surface area contributed by atoms with Gasteiger partial charge in [-0.05, 0) is 19.1 Å². The van der Waals surface area contributed by atoms with E-state index in [2.05, 4.69) is 0 Å². The first-order valence-corrected chi connectivity index (χ1v) is 7.15. The van der Waals surface area contributed by atoms with Crippen LogP contribution < -0.4 is 0 Å². The summed E-state index contributed by atoms with van der Waals surface area (Å²) >= 11 is 12.5.